The van der Waals surface area contributed by atoms with Gasteiger partial charge in [0.1, 0.15) is 0 Å². The number of carboxylic acid groups (broad SMARTS) is 1. The zero-order valence-electron chi connectivity index (χ0n) is 15.1. The van der Waals surface area contributed by atoms with Gasteiger partial charge in [0, 0.05) is 6.54 Å². The molecule has 0 aliphatic heterocycles. The number of amides is 1. The lowest BCUT2D eigenvalue weighted by Crippen LogP contribution is -2.36. The van der Waals surface area contributed by atoms with Gasteiger partial charge in [-0.3, -0.25) is 9.36 Å². The molecule has 7 nitrogen and oxygen atoms in total. The summed E-state index contributed by atoms with van der Waals surface area (Å²) in [6.45, 7) is -0.254. The number of hydrogen-bond acceptors (Lipinski definition) is 3. The molecule has 0 saturated carbocycles. The molecule has 1 unspecified atom stereocenters. The van der Waals surface area contributed by atoms with E-state index in [1.165, 1.54) is 6.08 Å². The highest BCUT2D eigenvalue weighted by atomic mass is 31.2. The van der Waals surface area contributed by atoms with E-state index in [-0.39, 0.29) is 18.5 Å². The van der Waals surface area contributed by atoms with Gasteiger partial charge >= 0.3 is 13.6 Å². The Labute approximate surface area is 162 Å². The number of carboxylic acids is 1. The van der Waals surface area contributed by atoms with Gasteiger partial charge < -0.3 is 20.2 Å². The maximum absolute atomic E-state index is 12.5. The second-order valence-corrected chi connectivity index (χ2v) is 8.03. The first kappa shape index (κ1) is 21.6. The Morgan fingerprint density at radius 3 is 2.11 bits per heavy atom. The molecule has 8 heteroatoms. The second-order valence-electron chi connectivity index (χ2n) is 6.34. The van der Waals surface area contributed by atoms with Crippen LogP contribution in [0.3, 0.4) is 0 Å². The van der Waals surface area contributed by atoms with E-state index in [0.717, 1.165) is 5.56 Å². The van der Waals surface area contributed by atoms with Gasteiger partial charge in [-0.2, -0.15) is 0 Å². The summed E-state index contributed by atoms with van der Waals surface area (Å²) >= 11 is 0. The van der Waals surface area contributed by atoms with Crippen LogP contribution in [0.15, 0.2) is 66.2 Å². The van der Waals surface area contributed by atoms with Crippen molar-refractivity contribution in [1.29, 1.82) is 0 Å². The van der Waals surface area contributed by atoms with Crippen LogP contribution in [-0.4, -0.2) is 39.5 Å². The summed E-state index contributed by atoms with van der Waals surface area (Å²) < 4.78 is 11.4. The Hall–Kier alpha value is -2.73. The van der Waals surface area contributed by atoms with Crippen molar-refractivity contribution >= 4 is 25.5 Å². The van der Waals surface area contributed by atoms with E-state index < -0.39 is 31.6 Å². The standard InChI is InChI=1S/C20H22NO6P/c22-19(18(14-28(25,26)27)12-16-9-5-2-6-10-16)21-13-17(20(23)24)11-15-7-3-1-4-8-15/h1-11,18H,12-14H2,(H,21,22)(H,23,24)(H2,25,26,27)/b17-11-. The van der Waals surface area contributed by atoms with Crippen LogP contribution in [0.4, 0.5) is 0 Å². The zero-order valence-corrected chi connectivity index (χ0v) is 16.0. The van der Waals surface area contributed by atoms with E-state index in [9.17, 15) is 29.0 Å². The molecule has 2 rings (SSSR count). The minimum Gasteiger partial charge on any atom is -0.478 e. The number of hydrogen-bond donors (Lipinski definition) is 4. The topological polar surface area (TPSA) is 124 Å². The first-order valence-corrected chi connectivity index (χ1v) is 10.4. The third-order valence-corrected chi connectivity index (χ3v) is 4.94. The van der Waals surface area contributed by atoms with Crippen LogP contribution in [0.1, 0.15) is 11.1 Å². The van der Waals surface area contributed by atoms with Crippen molar-refractivity contribution in [3.8, 4) is 0 Å². The third kappa shape index (κ3) is 7.48. The second kappa shape index (κ2) is 9.99. The molecule has 2 aromatic carbocycles. The number of rotatable bonds is 9. The summed E-state index contributed by atoms with van der Waals surface area (Å²) in [5.41, 5.74) is 1.40. The number of carbonyl (C=O) groups is 2. The monoisotopic (exact) mass is 403 g/mol. The van der Waals surface area contributed by atoms with E-state index in [2.05, 4.69) is 5.32 Å². The van der Waals surface area contributed by atoms with Crippen molar-refractivity contribution in [2.45, 2.75) is 6.42 Å². The zero-order chi connectivity index (χ0) is 20.6. The highest BCUT2D eigenvalue weighted by molar-refractivity contribution is 7.51. The van der Waals surface area contributed by atoms with E-state index in [0.29, 0.717) is 5.56 Å². The van der Waals surface area contributed by atoms with Crippen molar-refractivity contribution in [2.24, 2.45) is 5.92 Å². The number of benzene rings is 2. The van der Waals surface area contributed by atoms with Crippen molar-refractivity contribution < 1.29 is 29.0 Å². The maximum atomic E-state index is 12.5. The lowest BCUT2D eigenvalue weighted by atomic mass is 10.00. The Morgan fingerprint density at radius 1 is 1.00 bits per heavy atom. The van der Waals surface area contributed by atoms with Crippen LogP contribution in [0.25, 0.3) is 6.08 Å². The summed E-state index contributed by atoms with van der Waals surface area (Å²) in [4.78, 5) is 42.6. The molecule has 0 spiro atoms. The van der Waals surface area contributed by atoms with Gasteiger partial charge in [-0.05, 0) is 23.6 Å². The molecule has 0 aromatic heterocycles. The van der Waals surface area contributed by atoms with Gasteiger partial charge in [0.2, 0.25) is 5.91 Å². The Balaban J connectivity index is 2.11. The molecule has 1 amide bonds. The maximum Gasteiger partial charge on any atom is 0.333 e. The van der Waals surface area contributed by atoms with Crippen LogP contribution in [-0.2, 0) is 20.6 Å². The number of carbonyl (C=O) groups excluding carboxylic acids is 1. The summed E-state index contributed by atoms with van der Waals surface area (Å²) in [6, 6.07) is 17.7. The molecule has 0 aliphatic carbocycles. The molecule has 0 fully saturated rings. The molecule has 0 aliphatic rings. The van der Waals surface area contributed by atoms with E-state index in [4.69, 9.17) is 0 Å². The van der Waals surface area contributed by atoms with E-state index in [1.807, 2.05) is 0 Å². The van der Waals surface area contributed by atoms with Crippen molar-refractivity contribution in [2.75, 3.05) is 12.7 Å². The highest BCUT2D eigenvalue weighted by Crippen LogP contribution is 2.37. The molecular weight excluding hydrogens is 381 g/mol. The van der Waals surface area contributed by atoms with Crippen LogP contribution in [0.5, 0.6) is 0 Å². The molecule has 0 saturated heterocycles. The Bertz CT molecular complexity index is 876. The predicted molar refractivity (Wildman–Crippen MR) is 106 cm³/mol. The third-order valence-electron chi connectivity index (χ3n) is 4.02. The lowest BCUT2D eigenvalue weighted by molar-refractivity contribution is -0.132. The van der Waals surface area contributed by atoms with Gasteiger partial charge in [0.05, 0.1) is 17.7 Å². The summed E-state index contributed by atoms with van der Waals surface area (Å²) in [6.07, 6.45) is 0.971. The Morgan fingerprint density at radius 2 is 1.57 bits per heavy atom. The van der Waals surface area contributed by atoms with Crippen LogP contribution in [0, 0.1) is 5.92 Å². The quantitative estimate of drug-likeness (QED) is 0.376. The molecule has 1 atom stereocenters. The molecule has 28 heavy (non-hydrogen) atoms. The summed E-state index contributed by atoms with van der Waals surface area (Å²) in [7, 11) is -4.43. The first-order valence-electron chi connectivity index (χ1n) is 8.60. The molecule has 4 N–H and O–H groups in total. The SMILES string of the molecule is O=C(O)/C(=C\c1ccccc1)CNC(=O)C(Cc1ccccc1)CP(=O)(O)O. The van der Waals surface area contributed by atoms with Crippen LogP contribution >= 0.6 is 7.60 Å². The summed E-state index contributed by atoms with van der Waals surface area (Å²) in [5.74, 6) is -2.76. The smallest absolute Gasteiger partial charge is 0.333 e. The number of nitrogens with one attached hydrogen (secondary N) is 1. The fraction of sp³-hybridized carbons (Fsp3) is 0.200. The molecule has 0 radical (unpaired) electrons. The molecule has 148 valence electrons. The minimum absolute atomic E-state index is 0.0332. The van der Waals surface area contributed by atoms with Crippen molar-refractivity contribution in [1.82, 2.24) is 5.32 Å². The first-order chi connectivity index (χ1) is 13.2. The van der Waals surface area contributed by atoms with Crippen molar-refractivity contribution in [3.05, 3.63) is 77.4 Å². The average molecular weight is 403 g/mol. The molecule has 0 heterocycles. The van der Waals surface area contributed by atoms with Gasteiger partial charge in [-0.25, -0.2) is 4.79 Å². The van der Waals surface area contributed by atoms with Crippen LogP contribution < -0.4 is 5.32 Å². The van der Waals surface area contributed by atoms with Gasteiger partial charge in [-0.15, -0.1) is 0 Å². The van der Waals surface area contributed by atoms with Gasteiger partial charge in [-0.1, -0.05) is 60.7 Å². The molecular formula is C20H22NO6P. The van der Waals surface area contributed by atoms with Crippen LogP contribution in [0.2, 0.25) is 0 Å². The molecule has 2 aromatic rings. The normalized spacial score (nSPS) is 13.0. The molecule has 0 bridgehead atoms. The summed E-state index contributed by atoms with van der Waals surface area (Å²) in [5, 5.41) is 11.9. The fourth-order valence-electron chi connectivity index (χ4n) is 2.69. The Kier molecular flexibility index (Phi) is 7.70. The van der Waals surface area contributed by atoms with Gasteiger partial charge in [0.25, 0.3) is 0 Å². The largest absolute Gasteiger partial charge is 0.478 e. The fourth-order valence-corrected chi connectivity index (χ4v) is 3.56. The van der Waals surface area contributed by atoms with Gasteiger partial charge in [0.15, 0.2) is 0 Å². The average Bonchev–Trinajstić information content (AvgIpc) is 2.64. The van der Waals surface area contributed by atoms with E-state index >= 15 is 0 Å². The minimum atomic E-state index is -4.43. The highest BCUT2D eigenvalue weighted by Gasteiger charge is 2.28. The lowest BCUT2D eigenvalue weighted by Gasteiger charge is -2.18. The van der Waals surface area contributed by atoms with Crippen molar-refractivity contribution in [3.63, 3.8) is 0 Å². The van der Waals surface area contributed by atoms with E-state index in [1.54, 1.807) is 60.7 Å². The number of aliphatic carboxylic acids is 1. The predicted octanol–water partition coefficient (Wildman–Crippen LogP) is 2.31.